The van der Waals surface area contributed by atoms with Crippen molar-refractivity contribution in [1.29, 1.82) is 0 Å². The van der Waals surface area contributed by atoms with Crippen molar-refractivity contribution >= 4 is 0 Å². The molecular weight excluding hydrogens is 468 g/mol. The van der Waals surface area contributed by atoms with Crippen LogP contribution in [0, 0.1) is 27.7 Å². The first-order chi connectivity index (χ1) is 17.4. The van der Waals surface area contributed by atoms with Gasteiger partial charge < -0.3 is 30.6 Å². The molecule has 0 atom stereocenters. The smallest absolute Gasteiger partial charge is 0.122 e. The van der Waals surface area contributed by atoms with E-state index in [-0.39, 0.29) is 40.9 Å². The molecule has 0 amide bonds. The topological polar surface area (TPSA) is 121 Å². The normalized spacial score (nSPS) is 11.1. The van der Waals surface area contributed by atoms with Crippen LogP contribution in [-0.4, -0.2) is 30.6 Å². The molecule has 0 bridgehead atoms. The molecule has 6 heteroatoms. The second-order valence-electron chi connectivity index (χ2n) is 9.91. The Labute approximate surface area is 216 Å². The number of phenols is 6. The van der Waals surface area contributed by atoms with Gasteiger partial charge >= 0.3 is 0 Å². The van der Waals surface area contributed by atoms with E-state index in [1.165, 1.54) is 12.1 Å². The molecule has 0 heterocycles. The van der Waals surface area contributed by atoms with Gasteiger partial charge in [0.2, 0.25) is 0 Å². The third kappa shape index (κ3) is 5.43. The molecule has 0 unspecified atom stereocenters. The number of hydrogen-bond donors (Lipinski definition) is 6. The number of aryl methyl sites for hydroxylation is 4. The van der Waals surface area contributed by atoms with Gasteiger partial charge in [0.15, 0.2) is 0 Å². The molecule has 4 aromatic carbocycles. The lowest BCUT2D eigenvalue weighted by molar-refractivity contribution is 0.439. The van der Waals surface area contributed by atoms with Gasteiger partial charge in [0.1, 0.15) is 34.5 Å². The fourth-order valence-corrected chi connectivity index (χ4v) is 4.85. The molecule has 0 spiro atoms. The standard InChI is InChI=1S/C31H32O6/c1-16-5-20(6-17(2)30(16)36)9-22-11-24(28(34)14-26(22)32)13-25-12-23(27(33)15-29(25)35)10-21-7-18(3)31(37)19(4)8-21/h5-8,11-12,14-15,32-37H,9-10,13H2,1-4H3. The van der Waals surface area contributed by atoms with Crippen molar-refractivity contribution in [2.24, 2.45) is 0 Å². The van der Waals surface area contributed by atoms with E-state index in [1.54, 1.807) is 12.1 Å². The molecule has 0 aromatic heterocycles. The highest BCUT2D eigenvalue weighted by Crippen LogP contribution is 2.36. The Morgan fingerprint density at radius 2 is 0.649 bits per heavy atom. The van der Waals surface area contributed by atoms with E-state index < -0.39 is 0 Å². The third-order valence-corrected chi connectivity index (χ3v) is 6.83. The predicted octanol–water partition coefficient (Wildman–Crippen LogP) is 5.93. The Morgan fingerprint density at radius 1 is 0.378 bits per heavy atom. The lowest BCUT2D eigenvalue weighted by atomic mass is 9.93. The van der Waals surface area contributed by atoms with Gasteiger partial charge in [-0.1, -0.05) is 24.3 Å². The Bertz CT molecular complexity index is 1340. The quantitative estimate of drug-likeness (QED) is 0.195. The number of phenolic OH excluding ortho intramolecular Hbond substituents is 6. The van der Waals surface area contributed by atoms with Crippen LogP contribution in [0.4, 0.5) is 0 Å². The van der Waals surface area contributed by atoms with Crippen molar-refractivity contribution in [3.63, 3.8) is 0 Å². The second kappa shape index (κ2) is 9.97. The summed E-state index contributed by atoms with van der Waals surface area (Å²) < 4.78 is 0. The summed E-state index contributed by atoms with van der Waals surface area (Å²) in [6, 6.07) is 13.5. The van der Waals surface area contributed by atoms with Crippen LogP contribution in [0.1, 0.15) is 55.6 Å². The zero-order valence-electron chi connectivity index (χ0n) is 21.4. The molecule has 0 saturated heterocycles. The van der Waals surface area contributed by atoms with Gasteiger partial charge in [0.25, 0.3) is 0 Å². The van der Waals surface area contributed by atoms with Gasteiger partial charge in [0, 0.05) is 31.4 Å². The zero-order valence-corrected chi connectivity index (χ0v) is 21.4. The first kappa shape index (κ1) is 25.8. The minimum absolute atomic E-state index is 0.0432. The average molecular weight is 501 g/mol. The molecule has 0 saturated carbocycles. The highest BCUT2D eigenvalue weighted by atomic mass is 16.3. The van der Waals surface area contributed by atoms with Crippen LogP contribution in [0.2, 0.25) is 0 Å². The summed E-state index contributed by atoms with van der Waals surface area (Å²) in [6.07, 6.45) is 0.973. The predicted molar refractivity (Wildman–Crippen MR) is 143 cm³/mol. The average Bonchev–Trinajstić information content (AvgIpc) is 2.81. The molecule has 0 fully saturated rings. The van der Waals surface area contributed by atoms with E-state index in [1.807, 2.05) is 52.0 Å². The highest BCUT2D eigenvalue weighted by molar-refractivity contribution is 5.54. The van der Waals surface area contributed by atoms with Gasteiger partial charge in [-0.3, -0.25) is 0 Å². The maximum Gasteiger partial charge on any atom is 0.122 e. The molecule has 4 rings (SSSR count). The first-order valence-corrected chi connectivity index (χ1v) is 12.1. The number of benzene rings is 4. The zero-order chi connectivity index (χ0) is 27.0. The molecule has 0 aliphatic rings. The molecule has 4 aromatic rings. The van der Waals surface area contributed by atoms with Gasteiger partial charge in [-0.15, -0.1) is 0 Å². The lowest BCUT2D eigenvalue weighted by Gasteiger charge is -2.15. The first-order valence-electron chi connectivity index (χ1n) is 12.1. The largest absolute Gasteiger partial charge is 0.508 e. The van der Waals surface area contributed by atoms with Crippen LogP contribution in [0.25, 0.3) is 0 Å². The van der Waals surface area contributed by atoms with Gasteiger partial charge in [-0.25, -0.2) is 0 Å². The Hall–Kier alpha value is -4.32. The van der Waals surface area contributed by atoms with E-state index in [4.69, 9.17) is 0 Å². The van der Waals surface area contributed by atoms with Crippen molar-refractivity contribution in [2.75, 3.05) is 0 Å². The number of aromatic hydroxyl groups is 6. The van der Waals surface area contributed by atoms with E-state index in [0.717, 1.165) is 33.4 Å². The minimum atomic E-state index is -0.0990. The summed E-state index contributed by atoms with van der Waals surface area (Å²) in [5.41, 5.74) is 7.04. The van der Waals surface area contributed by atoms with Crippen LogP contribution >= 0.6 is 0 Å². The summed E-state index contributed by atoms with van der Waals surface area (Å²) in [7, 11) is 0. The molecular formula is C31H32O6. The van der Waals surface area contributed by atoms with Crippen LogP contribution in [0.5, 0.6) is 34.5 Å². The SMILES string of the molecule is Cc1cc(Cc2cc(Cc3cc(Cc4cc(C)c(O)c(C)c4)c(O)cc3O)c(O)cc2O)cc(C)c1O. The third-order valence-electron chi connectivity index (χ3n) is 6.83. The van der Waals surface area contributed by atoms with E-state index in [2.05, 4.69) is 0 Å². The molecule has 0 aliphatic heterocycles. The van der Waals surface area contributed by atoms with Crippen molar-refractivity contribution < 1.29 is 30.6 Å². The summed E-state index contributed by atoms with van der Waals surface area (Å²) >= 11 is 0. The molecule has 0 radical (unpaired) electrons. The Balaban J connectivity index is 1.65. The van der Waals surface area contributed by atoms with Crippen LogP contribution < -0.4 is 0 Å². The maximum absolute atomic E-state index is 10.6. The molecule has 37 heavy (non-hydrogen) atoms. The fourth-order valence-electron chi connectivity index (χ4n) is 4.85. The summed E-state index contributed by atoms with van der Waals surface area (Å²) in [5, 5.41) is 62.2. The summed E-state index contributed by atoms with van der Waals surface area (Å²) in [5.74, 6) is 0.207. The van der Waals surface area contributed by atoms with E-state index in [9.17, 15) is 30.6 Å². The van der Waals surface area contributed by atoms with Crippen molar-refractivity contribution in [3.05, 3.63) is 104 Å². The lowest BCUT2D eigenvalue weighted by Crippen LogP contribution is -1.98. The number of rotatable bonds is 6. The van der Waals surface area contributed by atoms with Crippen molar-refractivity contribution in [2.45, 2.75) is 47.0 Å². The van der Waals surface area contributed by atoms with Gasteiger partial charge in [-0.2, -0.15) is 0 Å². The molecule has 6 nitrogen and oxygen atoms in total. The molecule has 6 N–H and O–H groups in total. The van der Waals surface area contributed by atoms with Crippen molar-refractivity contribution in [3.8, 4) is 34.5 Å². The minimum Gasteiger partial charge on any atom is -0.508 e. The van der Waals surface area contributed by atoms with Crippen LogP contribution in [-0.2, 0) is 19.3 Å². The molecule has 0 aliphatic carbocycles. The van der Waals surface area contributed by atoms with Gasteiger partial charge in [-0.05, 0) is 95.5 Å². The van der Waals surface area contributed by atoms with E-state index >= 15 is 0 Å². The Kier molecular flexibility index (Phi) is 6.94. The monoisotopic (exact) mass is 500 g/mol. The summed E-state index contributed by atoms with van der Waals surface area (Å²) in [6.45, 7) is 7.28. The van der Waals surface area contributed by atoms with Crippen LogP contribution in [0.15, 0.2) is 48.5 Å². The highest BCUT2D eigenvalue weighted by Gasteiger charge is 2.16. The van der Waals surface area contributed by atoms with Crippen molar-refractivity contribution in [1.82, 2.24) is 0 Å². The number of hydrogen-bond acceptors (Lipinski definition) is 6. The van der Waals surface area contributed by atoms with E-state index in [0.29, 0.717) is 35.1 Å². The fraction of sp³-hybridized carbons (Fsp3) is 0.226. The van der Waals surface area contributed by atoms with Crippen LogP contribution in [0.3, 0.4) is 0 Å². The Morgan fingerprint density at radius 3 is 0.946 bits per heavy atom. The maximum atomic E-state index is 10.6. The summed E-state index contributed by atoms with van der Waals surface area (Å²) in [4.78, 5) is 0. The second-order valence-corrected chi connectivity index (χ2v) is 9.91. The molecule has 192 valence electrons. The van der Waals surface area contributed by atoms with Gasteiger partial charge in [0.05, 0.1) is 0 Å².